The van der Waals surface area contributed by atoms with Crippen LogP contribution in [-0.4, -0.2) is 0 Å². The fraction of sp³-hybridized carbons (Fsp3) is 0.0667. The molecule has 0 bridgehead atoms. The van der Waals surface area contributed by atoms with Crippen LogP contribution in [0.25, 0.3) is 16.7 Å². The molecule has 0 N–H and O–H groups in total. The fourth-order valence-electron chi connectivity index (χ4n) is 4.13. The van der Waals surface area contributed by atoms with Crippen LogP contribution in [0.4, 0.5) is 17.1 Å². The maximum Gasteiger partial charge on any atom is 0.0462 e. The maximum absolute atomic E-state index is 2.31. The molecule has 0 saturated heterocycles. The molecule has 0 aromatic heterocycles. The number of hydrogen-bond acceptors (Lipinski definition) is 1. The Bertz CT molecular complexity index is 1190. The van der Waals surface area contributed by atoms with Crippen molar-refractivity contribution in [2.45, 2.75) is 12.8 Å². The lowest BCUT2D eigenvalue weighted by molar-refractivity contribution is 1.05. The molecule has 1 aliphatic carbocycles. The predicted octanol–water partition coefficient (Wildman–Crippen LogP) is 8.56. The van der Waals surface area contributed by atoms with E-state index in [2.05, 4.69) is 132 Å². The summed E-state index contributed by atoms with van der Waals surface area (Å²) in [6, 6.07) is 38.8. The zero-order valence-electron chi connectivity index (χ0n) is 17.5. The number of benzene rings is 4. The molecule has 0 amide bonds. The minimum atomic E-state index is 1.11. The predicted molar refractivity (Wildman–Crippen MR) is 133 cm³/mol. The average molecular weight is 400 g/mol. The van der Waals surface area contributed by atoms with Gasteiger partial charge in [-0.05, 0) is 71.5 Å². The van der Waals surface area contributed by atoms with E-state index in [1.54, 1.807) is 0 Å². The number of nitrogens with zero attached hydrogens (tertiary/aromatic N) is 1. The Balaban J connectivity index is 1.51. The van der Waals surface area contributed by atoms with Crippen LogP contribution in [0.5, 0.6) is 0 Å². The third-order valence-electron chi connectivity index (χ3n) is 5.76. The summed E-state index contributed by atoms with van der Waals surface area (Å²) < 4.78 is 0. The monoisotopic (exact) mass is 399 g/mol. The van der Waals surface area contributed by atoms with Gasteiger partial charge < -0.3 is 4.90 Å². The molecule has 0 atom stereocenters. The van der Waals surface area contributed by atoms with Crippen molar-refractivity contribution in [1.29, 1.82) is 0 Å². The smallest absolute Gasteiger partial charge is 0.0462 e. The average Bonchev–Trinajstić information content (AvgIpc) is 2.87. The summed E-state index contributed by atoms with van der Waals surface area (Å²) in [4.78, 5) is 2.31. The van der Waals surface area contributed by atoms with Gasteiger partial charge in [0.15, 0.2) is 0 Å². The van der Waals surface area contributed by atoms with Crippen molar-refractivity contribution in [1.82, 2.24) is 0 Å². The van der Waals surface area contributed by atoms with Gasteiger partial charge in [0.1, 0.15) is 0 Å². The normalized spacial score (nSPS) is 13.0. The van der Waals surface area contributed by atoms with E-state index in [4.69, 9.17) is 0 Å². The number of allylic oxidation sites excluding steroid dienone is 4. The van der Waals surface area contributed by atoms with E-state index < -0.39 is 0 Å². The summed E-state index contributed by atoms with van der Waals surface area (Å²) in [5.41, 5.74) is 8.65. The highest BCUT2D eigenvalue weighted by Crippen LogP contribution is 2.36. The van der Waals surface area contributed by atoms with Crippen molar-refractivity contribution in [3.8, 4) is 11.1 Å². The van der Waals surface area contributed by atoms with Gasteiger partial charge in [-0.2, -0.15) is 0 Å². The Morgan fingerprint density at radius 2 is 1.00 bits per heavy atom. The Labute approximate surface area is 184 Å². The Morgan fingerprint density at radius 1 is 0.484 bits per heavy atom. The highest BCUT2D eigenvalue weighted by Gasteiger charge is 2.13. The van der Waals surface area contributed by atoms with Crippen molar-refractivity contribution >= 4 is 22.6 Å². The topological polar surface area (TPSA) is 3.24 Å². The SMILES string of the molecule is C1=CCCC(c2ccc(N(c3ccccc3)c3ccc(-c4ccccc4)cc3)cc2)=C1. The zero-order chi connectivity index (χ0) is 20.9. The molecule has 1 heteroatoms. The second-order valence-corrected chi connectivity index (χ2v) is 7.79. The first-order chi connectivity index (χ1) is 15.4. The molecule has 0 heterocycles. The Morgan fingerprint density at radius 3 is 1.58 bits per heavy atom. The van der Waals surface area contributed by atoms with Crippen LogP contribution in [0.15, 0.2) is 127 Å². The molecule has 4 aromatic rings. The van der Waals surface area contributed by atoms with Crippen LogP contribution in [0.1, 0.15) is 18.4 Å². The summed E-state index contributed by atoms with van der Waals surface area (Å²) in [5.74, 6) is 0. The largest absolute Gasteiger partial charge is 0.311 e. The Hall–Kier alpha value is -3.84. The number of anilines is 3. The molecule has 0 fully saturated rings. The standard InChI is InChI=1S/C30H25N/c1-4-10-24(11-5-1)26-16-20-29(21-17-26)31(28-14-8-3-9-15-28)30-22-18-27(19-23-30)25-12-6-2-7-13-25/h1-6,8-12,14-23H,7,13H2. The Kier molecular flexibility index (Phi) is 5.49. The number of hydrogen-bond donors (Lipinski definition) is 0. The number of rotatable bonds is 5. The molecule has 1 nitrogen and oxygen atoms in total. The summed E-state index contributed by atoms with van der Waals surface area (Å²) >= 11 is 0. The van der Waals surface area contributed by atoms with E-state index in [1.165, 1.54) is 22.3 Å². The van der Waals surface area contributed by atoms with Crippen LogP contribution < -0.4 is 4.90 Å². The van der Waals surface area contributed by atoms with Crippen molar-refractivity contribution in [3.05, 3.63) is 133 Å². The van der Waals surface area contributed by atoms with Crippen molar-refractivity contribution < 1.29 is 0 Å². The third kappa shape index (κ3) is 4.22. The summed E-state index contributed by atoms with van der Waals surface area (Å²) in [6.45, 7) is 0. The summed E-state index contributed by atoms with van der Waals surface area (Å²) in [6.07, 6.45) is 8.86. The van der Waals surface area contributed by atoms with E-state index in [1.807, 2.05) is 0 Å². The van der Waals surface area contributed by atoms with Crippen molar-refractivity contribution in [2.24, 2.45) is 0 Å². The van der Waals surface area contributed by atoms with Gasteiger partial charge >= 0.3 is 0 Å². The van der Waals surface area contributed by atoms with Crippen molar-refractivity contribution in [3.63, 3.8) is 0 Å². The lowest BCUT2D eigenvalue weighted by Crippen LogP contribution is -2.09. The second kappa shape index (κ2) is 8.89. The molecule has 0 radical (unpaired) electrons. The first kappa shape index (κ1) is 19.1. The first-order valence-electron chi connectivity index (χ1n) is 10.9. The van der Waals surface area contributed by atoms with E-state index in [-0.39, 0.29) is 0 Å². The molecular weight excluding hydrogens is 374 g/mol. The van der Waals surface area contributed by atoms with Crippen molar-refractivity contribution in [2.75, 3.05) is 4.90 Å². The molecule has 5 rings (SSSR count). The van der Waals surface area contributed by atoms with Gasteiger partial charge in [-0.1, -0.05) is 91.0 Å². The van der Waals surface area contributed by atoms with Gasteiger partial charge in [0.2, 0.25) is 0 Å². The highest BCUT2D eigenvalue weighted by molar-refractivity contribution is 5.79. The van der Waals surface area contributed by atoms with E-state index >= 15 is 0 Å². The van der Waals surface area contributed by atoms with Crippen LogP contribution in [0, 0.1) is 0 Å². The molecule has 0 spiro atoms. The zero-order valence-corrected chi connectivity index (χ0v) is 17.5. The lowest BCUT2D eigenvalue weighted by atomic mass is 9.97. The van der Waals surface area contributed by atoms with Gasteiger partial charge in [-0.25, -0.2) is 0 Å². The van der Waals surface area contributed by atoms with E-state index in [9.17, 15) is 0 Å². The third-order valence-corrected chi connectivity index (χ3v) is 5.76. The van der Waals surface area contributed by atoms with Gasteiger partial charge in [-0.3, -0.25) is 0 Å². The quantitative estimate of drug-likeness (QED) is 0.325. The molecular formula is C30H25N. The molecule has 0 unspecified atom stereocenters. The van der Waals surface area contributed by atoms with Crippen LogP contribution in [0.2, 0.25) is 0 Å². The minimum Gasteiger partial charge on any atom is -0.311 e. The van der Waals surface area contributed by atoms with Gasteiger partial charge in [0.25, 0.3) is 0 Å². The van der Waals surface area contributed by atoms with Gasteiger partial charge in [-0.15, -0.1) is 0 Å². The fourth-order valence-corrected chi connectivity index (χ4v) is 4.13. The minimum absolute atomic E-state index is 1.11. The summed E-state index contributed by atoms with van der Waals surface area (Å²) in [7, 11) is 0. The highest BCUT2D eigenvalue weighted by atomic mass is 15.1. The van der Waals surface area contributed by atoms with Gasteiger partial charge in [0.05, 0.1) is 0 Å². The lowest BCUT2D eigenvalue weighted by Gasteiger charge is -2.26. The molecule has 1 aliphatic rings. The molecule has 4 aromatic carbocycles. The molecule has 150 valence electrons. The van der Waals surface area contributed by atoms with Crippen LogP contribution >= 0.6 is 0 Å². The molecule has 0 saturated carbocycles. The van der Waals surface area contributed by atoms with Crippen LogP contribution in [0.3, 0.4) is 0 Å². The molecule has 0 aliphatic heterocycles. The van der Waals surface area contributed by atoms with E-state index in [0.717, 1.165) is 29.9 Å². The summed E-state index contributed by atoms with van der Waals surface area (Å²) in [5, 5.41) is 0. The molecule has 31 heavy (non-hydrogen) atoms. The van der Waals surface area contributed by atoms with E-state index in [0.29, 0.717) is 0 Å². The first-order valence-corrected chi connectivity index (χ1v) is 10.9. The van der Waals surface area contributed by atoms with Crippen LogP contribution in [-0.2, 0) is 0 Å². The second-order valence-electron chi connectivity index (χ2n) is 7.79. The maximum atomic E-state index is 2.31. The number of para-hydroxylation sites is 1. The van der Waals surface area contributed by atoms with Gasteiger partial charge in [0, 0.05) is 17.1 Å².